The van der Waals surface area contributed by atoms with Crippen LogP contribution >= 0.6 is 0 Å². The predicted octanol–water partition coefficient (Wildman–Crippen LogP) is 4.80. The van der Waals surface area contributed by atoms with Crippen molar-refractivity contribution in [3.8, 4) is 11.5 Å². The summed E-state index contributed by atoms with van der Waals surface area (Å²) in [5.41, 5.74) is 2.53. The van der Waals surface area contributed by atoms with Crippen molar-refractivity contribution in [1.29, 1.82) is 0 Å². The van der Waals surface area contributed by atoms with Crippen molar-refractivity contribution in [3.05, 3.63) is 59.7 Å². The number of nitrogens with one attached hydrogen (secondary N) is 1. The molecule has 0 aliphatic heterocycles. The maximum atomic E-state index is 12.5. The number of methoxy groups -OCH3 is 2. The molecule has 0 radical (unpaired) electrons. The SMILES string of the molecule is CCC(C)c1ccccc1NC(=O)C(C)OC(=O)/C=C/c1ccc(OC)c(OC)c1. The summed E-state index contributed by atoms with van der Waals surface area (Å²) in [6, 6.07) is 12.9. The number of ether oxygens (including phenoxy) is 3. The summed E-state index contributed by atoms with van der Waals surface area (Å²) in [7, 11) is 3.10. The number of hydrogen-bond donors (Lipinski definition) is 1. The van der Waals surface area contributed by atoms with Crippen molar-refractivity contribution in [2.45, 2.75) is 39.2 Å². The van der Waals surface area contributed by atoms with Gasteiger partial charge in [0, 0.05) is 11.8 Å². The molecule has 2 atom stereocenters. The second-order valence-electron chi connectivity index (χ2n) is 6.91. The van der Waals surface area contributed by atoms with E-state index < -0.39 is 12.1 Å². The van der Waals surface area contributed by atoms with Gasteiger partial charge in [-0.3, -0.25) is 4.79 Å². The fourth-order valence-electron chi connectivity index (χ4n) is 2.88. The van der Waals surface area contributed by atoms with Gasteiger partial charge in [-0.05, 0) is 54.7 Å². The van der Waals surface area contributed by atoms with Crippen LogP contribution < -0.4 is 14.8 Å². The Balaban J connectivity index is 1.99. The van der Waals surface area contributed by atoms with Crippen LogP contribution in [0.2, 0.25) is 0 Å². The average molecular weight is 411 g/mol. The van der Waals surface area contributed by atoms with Crippen molar-refractivity contribution in [1.82, 2.24) is 0 Å². The number of esters is 1. The summed E-state index contributed by atoms with van der Waals surface area (Å²) in [5, 5.41) is 2.86. The molecule has 2 aromatic rings. The highest BCUT2D eigenvalue weighted by atomic mass is 16.5. The fraction of sp³-hybridized carbons (Fsp3) is 0.333. The van der Waals surface area contributed by atoms with Crippen molar-refractivity contribution in [3.63, 3.8) is 0 Å². The minimum absolute atomic E-state index is 0.309. The lowest BCUT2D eigenvalue weighted by atomic mass is 9.97. The fourth-order valence-corrected chi connectivity index (χ4v) is 2.88. The summed E-state index contributed by atoms with van der Waals surface area (Å²) in [6.07, 6.45) is 2.89. The predicted molar refractivity (Wildman–Crippen MR) is 118 cm³/mol. The number of rotatable bonds is 9. The summed E-state index contributed by atoms with van der Waals surface area (Å²) < 4.78 is 15.7. The third-order valence-corrected chi connectivity index (χ3v) is 4.84. The maximum Gasteiger partial charge on any atom is 0.331 e. The lowest BCUT2D eigenvalue weighted by Gasteiger charge is -2.17. The molecule has 160 valence electrons. The van der Waals surface area contributed by atoms with Crippen LogP contribution in [0.15, 0.2) is 48.5 Å². The van der Waals surface area contributed by atoms with E-state index in [1.165, 1.54) is 6.08 Å². The van der Waals surface area contributed by atoms with Gasteiger partial charge in [0.15, 0.2) is 17.6 Å². The Morgan fingerprint density at radius 2 is 1.73 bits per heavy atom. The molecule has 0 fully saturated rings. The van der Waals surface area contributed by atoms with Gasteiger partial charge >= 0.3 is 5.97 Å². The number of anilines is 1. The van der Waals surface area contributed by atoms with Crippen molar-refractivity contribution in [2.75, 3.05) is 19.5 Å². The lowest BCUT2D eigenvalue weighted by Crippen LogP contribution is -2.29. The van der Waals surface area contributed by atoms with Gasteiger partial charge in [0.25, 0.3) is 5.91 Å². The normalized spacial score (nSPS) is 12.8. The highest BCUT2D eigenvalue weighted by molar-refractivity contribution is 5.97. The quantitative estimate of drug-likeness (QED) is 0.474. The molecule has 0 spiro atoms. The average Bonchev–Trinajstić information content (AvgIpc) is 2.77. The standard InChI is InChI=1S/C24H29NO5/c1-6-16(2)19-9-7-8-10-20(19)25-24(27)17(3)30-23(26)14-12-18-11-13-21(28-4)22(15-18)29-5/h7-17H,6H2,1-5H3,(H,25,27)/b14-12+. The molecule has 6 heteroatoms. The monoisotopic (exact) mass is 411 g/mol. The van der Waals surface area contributed by atoms with Crippen LogP contribution in [0.3, 0.4) is 0 Å². The Bertz CT molecular complexity index is 906. The van der Waals surface area contributed by atoms with Gasteiger partial charge in [-0.15, -0.1) is 0 Å². The largest absolute Gasteiger partial charge is 0.493 e. The molecule has 0 bridgehead atoms. The van der Waals surface area contributed by atoms with E-state index in [0.29, 0.717) is 17.4 Å². The first-order chi connectivity index (χ1) is 14.4. The maximum absolute atomic E-state index is 12.5. The number of benzene rings is 2. The molecule has 6 nitrogen and oxygen atoms in total. The smallest absolute Gasteiger partial charge is 0.331 e. The summed E-state index contributed by atoms with van der Waals surface area (Å²) in [4.78, 5) is 24.6. The third-order valence-electron chi connectivity index (χ3n) is 4.84. The molecule has 0 saturated carbocycles. The molecule has 0 saturated heterocycles. The third kappa shape index (κ3) is 6.11. The van der Waals surface area contributed by atoms with E-state index in [0.717, 1.165) is 23.2 Å². The molecule has 2 rings (SSSR count). The Kier molecular flexibility index (Phi) is 8.47. The number of amides is 1. The Labute approximate surface area is 177 Å². The first-order valence-corrected chi connectivity index (χ1v) is 9.90. The molecule has 0 heterocycles. The van der Waals surface area contributed by atoms with Gasteiger partial charge in [0.2, 0.25) is 0 Å². The molecular formula is C24H29NO5. The minimum atomic E-state index is -0.933. The Morgan fingerprint density at radius 1 is 1.03 bits per heavy atom. The van der Waals surface area contributed by atoms with Crippen LogP contribution in [-0.4, -0.2) is 32.2 Å². The zero-order valence-electron chi connectivity index (χ0n) is 18.1. The number of hydrogen-bond acceptors (Lipinski definition) is 5. The molecular weight excluding hydrogens is 382 g/mol. The van der Waals surface area contributed by atoms with E-state index >= 15 is 0 Å². The molecule has 1 N–H and O–H groups in total. The molecule has 0 aliphatic carbocycles. The molecule has 1 amide bonds. The minimum Gasteiger partial charge on any atom is -0.493 e. The lowest BCUT2D eigenvalue weighted by molar-refractivity contribution is -0.148. The second-order valence-corrected chi connectivity index (χ2v) is 6.91. The van der Waals surface area contributed by atoms with Gasteiger partial charge in [0.05, 0.1) is 14.2 Å². The highest BCUT2D eigenvalue weighted by Crippen LogP contribution is 2.28. The Morgan fingerprint density at radius 3 is 2.40 bits per heavy atom. The van der Waals surface area contributed by atoms with Crippen molar-refractivity contribution < 1.29 is 23.8 Å². The molecule has 2 unspecified atom stereocenters. The van der Waals surface area contributed by atoms with Crippen LogP contribution in [0.25, 0.3) is 6.08 Å². The van der Waals surface area contributed by atoms with Crippen molar-refractivity contribution >= 4 is 23.6 Å². The zero-order chi connectivity index (χ0) is 22.1. The van der Waals surface area contributed by atoms with Gasteiger partial charge in [-0.2, -0.15) is 0 Å². The van der Waals surface area contributed by atoms with E-state index in [4.69, 9.17) is 14.2 Å². The van der Waals surface area contributed by atoms with E-state index in [9.17, 15) is 9.59 Å². The summed E-state index contributed by atoms with van der Waals surface area (Å²) in [6.45, 7) is 5.75. The summed E-state index contributed by atoms with van der Waals surface area (Å²) in [5.74, 6) is 0.478. The van der Waals surface area contributed by atoms with Crippen LogP contribution in [-0.2, 0) is 14.3 Å². The summed E-state index contributed by atoms with van der Waals surface area (Å²) >= 11 is 0. The van der Waals surface area contributed by atoms with Gasteiger partial charge < -0.3 is 19.5 Å². The first-order valence-electron chi connectivity index (χ1n) is 9.90. The molecule has 0 aromatic heterocycles. The first kappa shape index (κ1) is 23.0. The molecule has 2 aromatic carbocycles. The molecule has 0 aliphatic rings. The van der Waals surface area contributed by atoms with Crippen LogP contribution in [0, 0.1) is 0 Å². The van der Waals surface area contributed by atoms with Gasteiger partial charge in [-0.25, -0.2) is 4.79 Å². The molecule has 30 heavy (non-hydrogen) atoms. The second kappa shape index (κ2) is 11.0. The van der Waals surface area contributed by atoms with Crippen molar-refractivity contribution in [2.24, 2.45) is 0 Å². The number of carbonyl (C=O) groups excluding carboxylic acids is 2. The zero-order valence-corrected chi connectivity index (χ0v) is 18.1. The highest BCUT2D eigenvalue weighted by Gasteiger charge is 2.19. The van der Waals surface area contributed by atoms with E-state index in [-0.39, 0.29) is 5.91 Å². The van der Waals surface area contributed by atoms with Gasteiger partial charge in [0.1, 0.15) is 0 Å². The topological polar surface area (TPSA) is 73.9 Å². The van der Waals surface area contributed by atoms with E-state index in [1.54, 1.807) is 45.4 Å². The van der Waals surface area contributed by atoms with Gasteiger partial charge in [-0.1, -0.05) is 38.1 Å². The van der Waals surface area contributed by atoms with E-state index in [2.05, 4.69) is 19.2 Å². The Hall–Kier alpha value is -3.28. The van der Waals surface area contributed by atoms with Crippen LogP contribution in [0.1, 0.15) is 44.2 Å². The van der Waals surface area contributed by atoms with E-state index in [1.807, 2.05) is 24.3 Å². The number of para-hydroxylation sites is 1. The number of carbonyl (C=O) groups is 2. The van der Waals surface area contributed by atoms with Crippen LogP contribution in [0.5, 0.6) is 11.5 Å². The van der Waals surface area contributed by atoms with Crippen LogP contribution in [0.4, 0.5) is 5.69 Å².